The minimum atomic E-state index is -0.504. The molecule has 2 rings (SSSR count). The Hall–Kier alpha value is -2.14. The van der Waals surface area contributed by atoms with Gasteiger partial charge in [-0.25, -0.2) is 4.98 Å². The zero-order valence-corrected chi connectivity index (χ0v) is 10.2. The van der Waals surface area contributed by atoms with Crippen molar-refractivity contribution in [3.8, 4) is 11.4 Å². The summed E-state index contributed by atoms with van der Waals surface area (Å²) in [6.07, 6.45) is 1.68. The molecular weight excluding hydrogens is 256 g/mol. The highest BCUT2D eigenvalue weighted by molar-refractivity contribution is 6.31. The van der Waals surface area contributed by atoms with Gasteiger partial charge in [0.05, 0.1) is 12.8 Å². The van der Waals surface area contributed by atoms with Gasteiger partial charge < -0.3 is 4.74 Å². The molecule has 0 saturated carbocycles. The van der Waals surface area contributed by atoms with Crippen molar-refractivity contribution in [1.29, 1.82) is 0 Å². The Balaban J connectivity index is 2.57. The van der Waals surface area contributed by atoms with Crippen LogP contribution in [0.5, 0.6) is 5.75 Å². The van der Waals surface area contributed by atoms with Crippen molar-refractivity contribution in [3.05, 3.63) is 51.7 Å². The lowest BCUT2D eigenvalue weighted by atomic mass is 10.3. The van der Waals surface area contributed by atoms with E-state index in [9.17, 15) is 9.59 Å². The van der Waals surface area contributed by atoms with Gasteiger partial charge in [-0.1, -0.05) is 11.6 Å². The van der Waals surface area contributed by atoms with E-state index < -0.39 is 5.56 Å². The van der Waals surface area contributed by atoms with E-state index in [1.54, 1.807) is 31.4 Å². The molecule has 92 valence electrons. The number of methoxy groups -OCH3 is 1. The zero-order chi connectivity index (χ0) is 13.1. The molecular formula is C12H9ClN2O3. The second kappa shape index (κ2) is 5.01. The van der Waals surface area contributed by atoms with E-state index in [0.717, 1.165) is 0 Å². The number of carbonyl (C=O) groups is 1. The van der Waals surface area contributed by atoms with E-state index in [1.165, 1.54) is 10.9 Å². The summed E-state index contributed by atoms with van der Waals surface area (Å²) in [4.78, 5) is 26.5. The summed E-state index contributed by atoms with van der Waals surface area (Å²) in [6.45, 7) is 0. The highest BCUT2D eigenvalue weighted by Crippen LogP contribution is 2.14. The quantitative estimate of drug-likeness (QED) is 0.625. The average Bonchev–Trinajstić information content (AvgIpc) is 2.40. The zero-order valence-electron chi connectivity index (χ0n) is 9.46. The topological polar surface area (TPSA) is 61.2 Å². The average molecular weight is 265 g/mol. The lowest BCUT2D eigenvalue weighted by molar-refractivity contribution is 0.112. The molecule has 0 unspecified atom stereocenters. The first-order chi connectivity index (χ1) is 8.67. The van der Waals surface area contributed by atoms with E-state index >= 15 is 0 Å². The number of nitrogens with zero attached hydrogens (tertiary/aromatic N) is 2. The van der Waals surface area contributed by atoms with Gasteiger partial charge in [-0.05, 0) is 24.3 Å². The van der Waals surface area contributed by atoms with Crippen LogP contribution >= 0.6 is 11.6 Å². The minimum Gasteiger partial charge on any atom is -0.497 e. The monoisotopic (exact) mass is 264 g/mol. The summed E-state index contributed by atoms with van der Waals surface area (Å²) < 4.78 is 6.26. The molecule has 0 aliphatic rings. The summed E-state index contributed by atoms with van der Waals surface area (Å²) in [7, 11) is 1.55. The van der Waals surface area contributed by atoms with Crippen LogP contribution in [0.1, 0.15) is 10.4 Å². The lowest BCUT2D eigenvalue weighted by Crippen LogP contribution is -2.22. The second-order valence-corrected chi connectivity index (χ2v) is 3.80. The van der Waals surface area contributed by atoms with Crippen LogP contribution in [0.2, 0.25) is 5.15 Å². The molecule has 0 saturated heterocycles. The van der Waals surface area contributed by atoms with Crippen molar-refractivity contribution in [1.82, 2.24) is 9.55 Å². The van der Waals surface area contributed by atoms with Crippen molar-refractivity contribution in [2.75, 3.05) is 7.11 Å². The summed E-state index contributed by atoms with van der Waals surface area (Å²) >= 11 is 5.66. The molecule has 1 aromatic heterocycles. The van der Waals surface area contributed by atoms with E-state index in [0.29, 0.717) is 17.7 Å². The first-order valence-electron chi connectivity index (χ1n) is 5.04. The van der Waals surface area contributed by atoms with E-state index in [1.807, 2.05) is 0 Å². The molecule has 0 amide bonds. The third-order valence-corrected chi connectivity index (χ3v) is 2.73. The number of halogens is 1. The Morgan fingerprint density at radius 2 is 2.00 bits per heavy atom. The van der Waals surface area contributed by atoms with Crippen LogP contribution in [0.25, 0.3) is 5.69 Å². The Morgan fingerprint density at radius 3 is 2.56 bits per heavy atom. The van der Waals surface area contributed by atoms with Crippen LogP contribution in [0.3, 0.4) is 0 Å². The highest BCUT2D eigenvalue weighted by Gasteiger charge is 2.10. The Kier molecular flexibility index (Phi) is 3.43. The summed E-state index contributed by atoms with van der Waals surface area (Å²) in [5.74, 6) is 0.671. The van der Waals surface area contributed by atoms with Gasteiger partial charge in [0.2, 0.25) is 0 Å². The normalized spacial score (nSPS) is 10.1. The molecule has 2 aromatic rings. The van der Waals surface area contributed by atoms with Crippen LogP contribution in [-0.4, -0.2) is 22.9 Å². The van der Waals surface area contributed by atoms with Gasteiger partial charge in [-0.15, -0.1) is 0 Å². The molecule has 0 aliphatic heterocycles. The summed E-state index contributed by atoms with van der Waals surface area (Å²) in [5.41, 5.74) is -0.0850. The van der Waals surface area contributed by atoms with E-state index in [4.69, 9.17) is 16.3 Å². The summed E-state index contributed by atoms with van der Waals surface area (Å²) in [5, 5.41) is -0.0974. The Bertz CT molecular complexity index is 635. The van der Waals surface area contributed by atoms with Gasteiger partial charge in [-0.2, -0.15) is 0 Å². The SMILES string of the molecule is COc1ccc(-n2cnc(Cl)c(C=O)c2=O)cc1. The lowest BCUT2D eigenvalue weighted by Gasteiger charge is -2.07. The first-order valence-corrected chi connectivity index (χ1v) is 5.42. The number of aldehydes is 1. The van der Waals surface area contributed by atoms with Crippen LogP contribution in [-0.2, 0) is 0 Å². The largest absolute Gasteiger partial charge is 0.497 e. The van der Waals surface area contributed by atoms with Crippen molar-refractivity contribution in [2.45, 2.75) is 0 Å². The molecule has 18 heavy (non-hydrogen) atoms. The third kappa shape index (κ3) is 2.12. The maximum Gasteiger partial charge on any atom is 0.270 e. The smallest absolute Gasteiger partial charge is 0.270 e. The van der Waals surface area contributed by atoms with Gasteiger partial charge in [-0.3, -0.25) is 14.2 Å². The van der Waals surface area contributed by atoms with Gasteiger partial charge >= 0.3 is 0 Å². The molecule has 0 atom stereocenters. The van der Waals surface area contributed by atoms with Crippen LogP contribution in [0.15, 0.2) is 35.4 Å². The van der Waals surface area contributed by atoms with Crippen molar-refractivity contribution >= 4 is 17.9 Å². The van der Waals surface area contributed by atoms with E-state index in [2.05, 4.69) is 4.98 Å². The molecule has 0 aliphatic carbocycles. The molecule has 0 spiro atoms. The molecule has 0 N–H and O–H groups in total. The minimum absolute atomic E-state index is 0.0974. The van der Waals surface area contributed by atoms with Gasteiger partial charge in [0.15, 0.2) is 6.29 Å². The van der Waals surface area contributed by atoms with Gasteiger partial charge in [0.25, 0.3) is 5.56 Å². The second-order valence-electron chi connectivity index (χ2n) is 3.44. The van der Waals surface area contributed by atoms with E-state index in [-0.39, 0.29) is 10.7 Å². The molecule has 0 fully saturated rings. The van der Waals surface area contributed by atoms with Gasteiger partial charge in [0, 0.05) is 0 Å². The molecule has 1 heterocycles. The molecule has 6 heteroatoms. The maximum atomic E-state index is 12.0. The fourth-order valence-electron chi connectivity index (χ4n) is 1.47. The number of ether oxygens (including phenoxy) is 1. The number of rotatable bonds is 3. The van der Waals surface area contributed by atoms with Crippen LogP contribution in [0.4, 0.5) is 0 Å². The molecule has 0 radical (unpaired) electrons. The number of benzene rings is 1. The number of aromatic nitrogens is 2. The van der Waals surface area contributed by atoms with Crippen molar-refractivity contribution < 1.29 is 9.53 Å². The van der Waals surface area contributed by atoms with Crippen LogP contribution < -0.4 is 10.3 Å². The predicted octanol–water partition coefficient (Wildman–Crippen LogP) is 1.71. The third-order valence-electron chi connectivity index (χ3n) is 2.43. The predicted molar refractivity (Wildman–Crippen MR) is 66.8 cm³/mol. The fraction of sp³-hybridized carbons (Fsp3) is 0.0833. The molecule has 5 nitrogen and oxygen atoms in total. The number of hydrogen-bond acceptors (Lipinski definition) is 4. The standard InChI is InChI=1S/C12H9ClN2O3/c1-18-9-4-2-8(3-5-9)15-7-14-11(13)10(6-16)12(15)17/h2-7H,1H3. The molecule has 1 aromatic carbocycles. The Labute approximate surface area is 108 Å². The first kappa shape index (κ1) is 12.3. The van der Waals surface area contributed by atoms with Crippen molar-refractivity contribution in [2.24, 2.45) is 0 Å². The Morgan fingerprint density at radius 1 is 1.33 bits per heavy atom. The molecule has 0 bridgehead atoms. The van der Waals surface area contributed by atoms with Crippen LogP contribution in [0, 0.1) is 0 Å². The summed E-state index contributed by atoms with van der Waals surface area (Å²) in [6, 6.07) is 6.78. The maximum absolute atomic E-state index is 12.0. The highest BCUT2D eigenvalue weighted by atomic mass is 35.5. The van der Waals surface area contributed by atoms with Crippen molar-refractivity contribution in [3.63, 3.8) is 0 Å². The fourth-order valence-corrected chi connectivity index (χ4v) is 1.64. The van der Waals surface area contributed by atoms with Gasteiger partial charge in [0.1, 0.15) is 22.8 Å². The number of carbonyl (C=O) groups excluding carboxylic acids is 1. The number of hydrogen-bond donors (Lipinski definition) is 0.